The van der Waals surface area contributed by atoms with Crippen LogP contribution in [-0.4, -0.2) is 9.78 Å². The number of aryl methyl sites for hydroxylation is 1. The number of hydrogen-bond acceptors (Lipinski definition) is 3. The fraction of sp³-hybridized carbons (Fsp3) is 0.0800. The largest absolute Gasteiger partial charge is 0.397 e. The third-order valence-electron chi connectivity index (χ3n) is 4.40. The highest BCUT2D eigenvalue weighted by Gasteiger charge is 1.94. The number of anilines is 2. The zero-order chi connectivity index (χ0) is 20.5. The molecule has 0 radical (unpaired) electrons. The summed E-state index contributed by atoms with van der Waals surface area (Å²) < 4.78 is 1.92. The van der Waals surface area contributed by atoms with E-state index in [1.54, 1.807) is 6.20 Å². The number of aromatic nitrogens is 2. The lowest BCUT2D eigenvalue weighted by Crippen LogP contribution is -1.99. The molecule has 0 atom stereocenters. The molecule has 0 spiro atoms. The summed E-state index contributed by atoms with van der Waals surface area (Å²) in [6, 6.07) is 26.2. The van der Waals surface area contributed by atoms with E-state index in [9.17, 15) is 0 Å². The van der Waals surface area contributed by atoms with Gasteiger partial charge in [0, 0.05) is 12.4 Å². The summed E-state index contributed by atoms with van der Waals surface area (Å²) in [5.41, 5.74) is 17.4. The molecule has 0 aliphatic rings. The summed E-state index contributed by atoms with van der Waals surface area (Å²) in [5, 5.41) is 4.15. The van der Waals surface area contributed by atoms with Crippen LogP contribution in [0.15, 0.2) is 91.3 Å². The van der Waals surface area contributed by atoms with Crippen molar-refractivity contribution in [3.8, 4) is 0 Å². The first kappa shape index (κ1) is 20.0. The highest BCUT2D eigenvalue weighted by molar-refractivity contribution is 5.74. The quantitative estimate of drug-likeness (QED) is 0.373. The molecule has 0 aliphatic heterocycles. The van der Waals surface area contributed by atoms with Gasteiger partial charge in [-0.1, -0.05) is 78.4 Å². The Morgan fingerprint density at radius 3 is 2.17 bits per heavy atom. The highest BCUT2D eigenvalue weighted by atomic mass is 15.3. The number of nitrogens with zero attached hydrogens (tertiary/aromatic N) is 2. The number of nitrogens with two attached hydrogens (primary N) is 2. The molecular formula is C25H26N4. The standard InChI is InChI=1S/C14H14N2.C11H12N2/c15-13-9-8-12(10-14(13)16)7-6-11-4-2-1-3-5-11;1-10-3-5-11(6-4-10)9-13-8-2-7-12-13/h1-10H,15-16H2;2-8H,9H2,1H3. The van der Waals surface area contributed by atoms with E-state index < -0.39 is 0 Å². The van der Waals surface area contributed by atoms with Gasteiger partial charge in [0.15, 0.2) is 0 Å². The van der Waals surface area contributed by atoms with Gasteiger partial charge in [0.1, 0.15) is 0 Å². The second kappa shape index (κ2) is 9.95. The molecule has 0 bridgehead atoms. The molecule has 4 N–H and O–H groups in total. The number of nitrogen functional groups attached to an aromatic ring is 2. The lowest BCUT2D eigenvalue weighted by Gasteiger charge is -2.01. The minimum absolute atomic E-state index is 0.621. The molecule has 146 valence electrons. The van der Waals surface area contributed by atoms with Crippen molar-refractivity contribution in [2.24, 2.45) is 0 Å². The molecule has 29 heavy (non-hydrogen) atoms. The van der Waals surface area contributed by atoms with Crippen molar-refractivity contribution >= 4 is 23.5 Å². The number of benzene rings is 3. The van der Waals surface area contributed by atoms with Crippen molar-refractivity contribution in [3.05, 3.63) is 114 Å². The normalized spacial score (nSPS) is 10.5. The smallest absolute Gasteiger partial charge is 0.0659 e. The van der Waals surface area contributed by atoms with E-state index in [-0.39, 0.29) is 0 Å². The van der Waals surface area contributed by atoms with Gasteiger partial charge in [0.05, 0.1) is 17.9 Å². The second-order valence-corrected chi connectivity index (χ2v) is 6.82. The minimum atomic E-state index is 0.621. The van der Waals surface area contributed by atoms with Gasteiger partial charge < -0.3 is 11.5 Å². The fourth-order valence-electron chi connectivity index (χ4n) is 2.73. The third-order valence-corrected chi connectivity index (χ3v) is 4.40. The van der Waals surface area contributed by atoms with Crippen LogP contribution in [0.5, 0.6) is 0 Å². The van der Waals surface area contributed by atoms with Crippen LogP contribution in [0.1, 0.15) is 22.3 Å². The Bertz CT molecular complexity index is 1030. The Morgan fingerprint density at radius 2 is 1.52 bits per heavy atom. The Hall–Kier alpha value is -3.79. The van der Waals surface area contributed by atoms with Gasteiger partial charge in [0.25, 0.3) is 0 Å². The fourth-order valence-corrected chi connectivity index (χ4v) is 2.73. The maximum Gasteiger partial charge on any atom is 0.0659 e. The maximum atomic E-state index is 5.73. The van der Waals surface area contributed by atoms with Crippen LogP contribution in [0.4, 0.5) is 11.4 Å². The van der Waals surface area contributed by atoms with Gasteiger partial charge in [-0.15, -0.1) is 0 Å². The average Bonchev–Trinajstić information content (AvgIpc) is 3.25. The van der Waals surface area contributed by atoms with E-state index in [0.29, 0.717) is 11.4 Å². The lowest BCUT2D eigenvalue weighted by molar-refractivity contribution is 0.687. The number of rotatable bonds is 4. The monoisotopic (exact) mass is 382 g/mol. The lowest BCUT2D eigenvalue weighted by atomic mass is 10.1. The molecule has 1 aromatic heterocycles. The van der Waals surface area contributed by atoms with Crippen LogP contribution in [0.25, 0.3) is 12.2 Å². The van der Waals surface area contributed by atoms with Crippen molar-refractivity contribution in [2.75, 3.05) is 11.5 Å². The van der Waals surface area contributed by atoms with Gasteiger partial charge in [-0.2, -0.15) is 5.10 Å². The van der Waals surface area contributed by atoms with Crippen molar-refractivity contribution < 1.29 is 0 Å². The van der Waals surface area contributed by atoms with Gasteiger partial charge in [0.2, 0.25) is 0 Å². The van der Waals surface area contributed by atoms with Gasteiger partial charge in [-0.25, -0.2) is 0 Å². The van der Waals surface area contributed by atoms with Crippen LogP contribution in [-0.2, 0) is 6.54 Å². The zero-order valence-electron chi connectivity index (χ0n) is 16.6. The molecule has 4 heteroatoms. The molecule has 0 unspecified atom stereocenters. The van der Waals surface area contributed by atoms with E-state index in [4.69, 9.17) is 11.5 Å². The van der Waals surface area contributed by atoms with Crippen LogP contribution >= 0.6 is 0 Å². The molecule has 0 saturated carbocycles. The van der Waals surface area contributed by atoms with Crippen molar-refractivity contribution in [1.82, 2.24) is 9.78 Å². The first-order valence-electron chi connectivity index (χ1n) is 9.51. The summed E-state index contributed by atoms with van der Waals surface area (Å²) in [7, 11) is 0. The van der Waals surface area contributed by atoms with Crippen molar-refractivity contribution in [2.45, 2.75) is 13.5 Å². The van der Waals surface area contributed by atoms with E-state index in [0.717, 1.165) is 17.7 Å². The first-order chi connectivity index (χ1) is 14.1. The minimum Gasteiger partial charge on any atom is -0.397 e. The van der Waals surface area contributed by atoms with E-state index in [2.05, 4.69) is 48.4 Å². The SMILES string of the molecule is Cc1ccc(Cn2cccn2)cc1.Nc1ccc(C=Cc2ccccc2)cc1N. The van der Waals surface area contributed by atoms with E-state index in [1.165, 1.54) is 11.1 Å². The van der Waals surface area contributed by atoms with E-state index in [1.807, 2.05) is 65.5 Å². The molecule has 3 aromatic carbocycles. The van der Waals surface area contributed by atoms with Crippen LogP contribution in [0, 0.1) is 6.92 Å². The van der Waals surface area contributed by atoms with Crippen molar-refractivity contribution in [3.63, 3.8) is 0 Å². The first-order valence-corrected chi connectivity index (χ1v) is 9.51. The third kappa shape index (κ3) is 6.40. The summed E-state index contributed by atoms with van der Waals surface area (Å²) in [4.78, 5) is 0. The molecular weight excluding hydrogens is 356 g/mol. The molecule has 0 amide bonds. The predicted octanol–water partition coefficient (Wildman–Crippen LogP) is 5.26. The summed E-state index contributed by atoms with van der Waals surface area (Å²) >= 11 is 0. The second-order valence-electron chi connectivity index (χ2n) is 6.82. The molecule has 0 saturated heterocycles. The Balaban J connectivity index is 0.000000169. The topological polar surface area (TPSA) is 69.9 Å². The van der Waals surface area contributed by atoms with Gasteiger partial charge in [-0.05, 0) is 41.8 Å². The van der Waals surface area contributed by atoms with Crippen LogP contribution in [0.2, 0.25) is 0 Å². The maximum absolute atomic E-state index is 5.73. The van der Waals surface area contributed by atoms with Crippen LogP contribution in [0.3, 0.4) is 0 Å². The highest BCUT2D eigenvalue weighted by Crippen LogP contribution is 2.17. The molecule has 4 rings (SSSR count). The van der Waals surface area contributed by atoms with Crippen molar-refractivity contribution in [1.29, 1.82) is 0 Å². The van der Waals surface area contributed by atoms with Crippen LogP contribution < -0.4 is 11.5 Å². The molecule has 0 aliphatic carbocycles. The van der Waals surface area contributed by atoms with Gasteiger partial charge >= 0.3 is 0 Å². The average molecular weight is 383 g/mol. The van der Waals surface area contributed by atoms with Gasteiger partial charge in [-0.3, -0.25) is 4.68 Å². The molecule has 0 fully saturated rings. The number of hydrogen-bond donors (Lipinski definition) is 2. The Kier molecular flexibility index (Phi) is 6.85. The summed E-state index contributed by atoms with van der Waals surface area (Å²) in [5.74, 6) is 0. The molecule has 4 aromatic rings. The Labute approximate surface area is 172 Å². The zero-order valence-corrected chi connectivity index (χ0v) is 16.6. The van der Waals surface area contributed by atoms with E-state index >= 15 is 0 Å². The Morgan fingerprint density at radius 1 is 0.793 bits per heavy atom. The molecule has 4 nitrogen and oxygen atoms in total. The summed E-state index contributed by atoms with van der Waals surface area (Å²) in [6.45, 7) is 2.95. The summed E-state index contributed by atoms with van der Waals surface area (Å²) in [6.07, 6.45) is 7.84. The predicted molar refractivity (Wildman–Crippen MR) is 123 cm³/mol. The molecule has 1 heterocycles.